The van der Waals surface area contributed by atoms with Gasteiger partial charge in [0, 0.05) is 41.7 Å². The molecule has 1 aliphatic carbocycles. The van der Waals surface area contributed by atoms with Gasteiger partial charge in [0.25, 0.3) is 0 Å². The minimum absolute atomic E-state index is 0.0500. The van der Waals surface area contributed by atoms with Crippen molar-refractivity contribution in [3.05, 3.63) is 58.1 Å². The number of nitrogens with one attached hydrogen (secondary N) is 1. The molecule has 0 spiro atoms. The summed E-state index contributed by atoms with van der Waals surface area (Å²) in [7, 11) is -2.10. The van der Waals surface area contributed by atoms with Gasteiger partial charge in [-0.25, -0.2) is 8.42 Å². The molecular formula is C28H37Cl2N3O5S. The maximum Gasteiger partial charge on any atom is 0.243 e. The summed E-state index contributed by atoms with van der Waals surface area (Å²) in [6, 6.07) is 11.3. The second kappa shape index (κ2) is 14.2. The summed E-state index contributed by atoms with van der Waals surface area (Å²) >= 11 is 12.5. The minimum atomic E-state index is -3.61. The Bertz CT molecular complexity index is 1250. The van der Waals surface area contributed by atoms with Crippen molar-refractivity contribution in [1.82, 2.24) is 10.2 Å². The SMILES string of the molecule is CC[C@H](C(=O)NC1CCCC1)N(Cc1ccc(Cl)cc1Cl)C(=O)CCCN(c1cccc(OC)c1)S(C)(=O)=O. The van der Waals surface area contributed by atoms with Gasteiger partial charge in [-0.1, -0.05) is 55.1 Å². The Labute approximate surface area is 241 Å². The van der Waals surface area contributed by atoms with Gasteiger partial charge >= 0.3 is 0 Å². The quantitative estimate of drug-likeness (QED) is 0.333. The van der Waals surface area contributed by atoms with Gasteiger partial charge in [-0.05, 0) is 55.5 Å². The first-order valence-electron chi connectivity index (χ1n) is 13.2. The number of nitrogens with zero attached hydrogens (tertiary/aromatic N) is 2. The molecule has 2 aromatic carbocycles. The highest BCUT2D eigenvalue weighted by atomic mass is 35.5. The van der Waals surface area contributed by atoms with Crippen LogP contribution in [0.25, 0.3) is 0 Å². The molecule has 0 heterocycles. The van der Waals surface area contributed by atoms with Gasteiger partial charge in [0.15, 0.2) is 0 Å². The number of sulfonamides is 1. The minimum Gasteiger partial charge on any atom is -0.497 e. The number of rotatable bonds is 13. The van der Waals surface area contributed by atoms with Crippen LogP contribution in [0.15, 0.2) is 42.5 Å². The predicted octanol–water partition coefficient (Wildman–Crippen LogP) is 5.41. The molecule has 3 rings (SSSR count). The lowest BCUT2D eigenvalue weighted by Gasteiger charge is -2.32. The van der Waals surface area contributed by atoms with E-state index in [9.17, 15) is 18.0 Å². The summed E-state index contributed by atoms with van der Waals surface area (Å²) in [5, 5.41) is 4.00. The molecule has 214 valence electrons. The fourth-order valence-electron chi connectivity index (χ4n) is 4.89. The zero-order valence-electron chi connectivity index (χ0n) is 22.7. The first-order valence-corrected chi connectivity index (χ1v) is 15.8. The van der Waals surface area contributed by atoms with E-state index < -0.39 is 16.1 Å². The third-order valence-electron chi connectivity index (χ3n) is 6.94. The fraction of sp³-hybridized carbons (Fsp3) is 0.500. The van der Waals surface area contributed by atoms with E-state index >= 15 is 0 Å². The lowest BCUT2D eigenvalue weighted by Crippen LogP contribution is -2.51. The van der Waals surface area contributed by atoms with Gasteiger partial charge in [-0.3, -0.25) is 13.9 Å². The van der Waals surface area contributed by atoms with Crippen LogP contribution in [0.2, 0.25) is 10.0 Å². The molecular weight excluding hydrogens is 561 g/mol. The highest BCUT2D eigenvalue weighted by Crippen LogP contribution is 2.26. The van der Waals surface area contributed by atoms with E-state index in [0.717, 1.165) is 31.9 Å². The maximum atomic E-state index is 13.6. The molecule has 2 aromatic rings. The number of amides is 2. The summed E-state index contributed by atoms with van der Waals surface area (Å²) < 4.78 is 31.6. The van der Waals surface area contributed by atoms with Crippen molar-refractivity contribution in [2.75, 3.05) is 24.2 Å². The Hall–Kier alpha value is -2.49. The summed E-state index contributed by atoms with van der Waals surface area (Å²) in [6.45, 7) is 2.10. The topological polar surface area (TPSA) is 96.0 Å². The highest BCUT2D eigenvalue weighted by molar-refractivity contribution is 7.92. The molecule has 1 atom stereocenters. The summed E-state index contributed by atoms with van der Waals surface area (Å²) in [6.07, 6.45) is 5.89. The number of methoxy groups -OCH3 is 1. The van der Waals surface area contributed by atoms with Gasteiger partial charge in [-0.15, -0.1) is 0 Å². The molecule has 0 bridgehead atoms. The van der Waals surface area contributed by atoms with Crippen LogP contribution < -0.4 is 14.4 Å². The van der Waals surface area contributed by atoms with Crippen molar-refractivity contribution in [2.24, 2.45) is 0 Å². The maximum absolute atomic E-state index is 13.6. The summed E-state index contributed by atoms with van der Waals surface area (Å²) in [4.78, 5) is 28.5. The van der Waals surface area contributed by atoms with E-state index in [-0.39, 0.29) is 43.8 Å². The zero-order chi connectivity index (χ0) is 28.6. The molecule has 0 unspecified atom stereocenters. The van der Waals surface area contributed by atoms with Crippen LogP contribution in [0.1, 0.15) is 57.4 Å². The van der Waals surface area contributed by atoms with E-state index in [4.69, 9.17) is 27.9 Å². The van der Waals surface area contributed by atoms with Crippen LogP contribution in [0.5, 0.6) is 5.75 Å². The summed E-state index contributed by atoms with van der Waals surface area (Å²) in [5.41, 5.74) is 1.13. The van der Waals surface area contributed by atoms with Crippen LogP contribution in [0.4, 0.5) is 5.69 Å². The van der Waals surface area contributed by atoms with Gasteiger partial charge in [0.05, 0.1) is 19.1 Å². The number of carbonyl (C=O) groups excluding carboxylic acids is 2. The van der Waals surface area contributed by atoms with Crippen LogP contribution >= 0.6 is 23.2 Å². The number of carbonyl (C=O) groups is 2. The molecule has 1 saturated carbocycles. The Morgan fingerprint density at radius 1 is 1.13 bits per heavy atom. The number of anilines is 1. The van der Waals surface area contributed by atoms with E-state index in [1.807, 2.05) is 6.92 Å². The molecule has 0 aromatic heterocycles. The molecule has 2 amide bonds. The van der Waals surface area contributed by atoms with Gasteiger partial charge < -0.3 is 15.0 Å². The Kier molecular flexibility index (Phi) is 11.3. The average Bonchev–Trinajstić information content (AvgIpc) is 3.40. The second-order valence-corrected chi connectivity index (χ2v) is 12.6. The fourth-order valence-corrected chi connectivity index (χ4v) is 6.32. The number of hydrogen-bond acceptors (Lipinski definition) is 5. The third-order valence-corrected chi connectivity index (χ3v) is 8.72. The number of benzene rings is 2. The van der Waals surface area contributed by atoms with E-state index in [0.29, 0.717) is 33.5 Å². The standard InChI is InChI=1S/C28H37Cl2N3O5S/c1-4-26(28(35)31-22-9-5-6-10-22)32(19-20-14-15-21(29)17-25(20)30)27(34)13-8-16-33(39(3,36)37)23-11-7-12-24(18-23)38-2/h7,11-12,14-15,17-18,22,26H,4-6,8-10,13,16,19H2,1-3H3,(H,31,35)/t26-/m1/s1. The number of halogens is 2. The molecule has 1 aliphatic rings. The molecule has 11 heteroatoms. The predicted molar refractivity (Wildman–Crippen MR) is 156 cm³/mol. The monoisotopic (exact) mass is 597 g/mol. The van der Waals surface area contributed by atoms with E-state index in [2.05, 4.69) is 5.32 Å². The van der Waals surface area contributed by atoms with Crippen molar-refractivity contribution < 1.29 is 22.7 Å². The summed E-state index contributed by atoms with van der Waals surface area (Å²) in [5.74, 6) is 0.0906. The number of hydrogen-bond donors (Lipinski definition) is 1. The Morgan fingerprint density at radius 2 is 1.85 bits per heavy atom. The van der Waals surface area contributed by atoms with Crippen LogP contribution in [0, 0.1) is 0 Å². The molecule has 1 N–H and O–H groups in total. The molecule has 8 nitrogen and oxygen atoms in total. The highest BCUT2D eigenvalue weighted by Gasteiger charge is 2.31. The third kappa shape index (κ3) is 8.75. The lowest BCUT2D eigenvalue weighted by molar-refractivity contribution is -0.141. The lowest BCUT2D eigenvalue weighted by atomic mass is 10.1. The van der Waals surface area contributed by atoms with Crippen molar-refractivity contribution in [1.29, 1.82) is 0 Å². The van der Waals surface area contributed by atoms with Crippen molar-refractivity contribution >= 4 is 50.7 Å². The second-order valence-electron chi connectivity index (χ2n) is 9.81. The smallest absolute Gasteiger partial charge is 0.243 e. The average molecular weight is 599 g/mol. The van der Waals surface area contributed by atoms with E-state index in [1.165, 1.54) is 11.4 Å². The van der Waals surface area contributed by atoms with Crippen LogP contribution in [0.3, 0.4) is 0 Å². The largest absolute Gasteiger partial charge is 0.497 e. The normalized spacial score (nSPS) is 14.6. The first-order chi connectivity index (χ1) is 18.5. The van der Waals surface area contributed by atoms with Crippen molar-refractivity contribution in [3.8, 4) is 5.75 Å². The van der Waals surface area contributed by atoms with Crippen LogP contribution in [-0.2, 0) is 26.2 Å². The van der Waals surface area contributed by atoms with Gasteiger partial charge in [0.2, 0.25) is 21.8 Å². The van der Waals surface area contributed by atoms with Gasteiger partial charge in [-0.2, -0.15) is 0 Å². The number of ether oxygens (including phenoxy) is 1. The Balaban J connectivity index is 1.79. The van der Waals surface area contributed by atoms with Gasteiger partial charge in [0.1, 0.15) is 11.8 Å². The van der Waals surface area contributed by atoms with Crippen LogP contribution in [-0.4, -0.2) is 57.1 Å². The zero-order valence-corrected chi connectivity index (χ0v) is 25.0. The first kappa shape index (κ1) is 31.0. The Morgan fingerprint density at radius 3 is 2.46 bits per heavy atom. The molecule has 0 aliphatic heterocycles. The molecule has 1 fully saturated rings. The van der Waals surface area contributed by atoms with Crippen molar-refractivity contribution in [2.45, 2.75) is 70.5 Å². The van der Waals surface area contributed by atoms with E-state index in [1.54, 1.807) is 47.4 Å². The van der Waals surface area contributed by atoms with Crippen molar-refractivity contribution in [3.63, 3.8) is 0 Å². The molecule has 0 radical (unpaired) electrons. The molecule has 0 saturated heterocycles. The molecule has 39 heavy (non-hydrogen) atoms.